The van der Waals surface area contributed by atoms with E-state index < -0.39 is 0 Å². The van der Waals surface area contributed by atoms with Crippen LogP contribution in [0.4, 0.5) is 11.5 Å². The maximum absolute atomic E-state index is 11.5. The summed E-state index contributed by atoms with van der Waals surface area (Å²) >= 11 is 0. The molecule has 1 heterocycles. The van der Waals surface area contributed by atoms with E-state index in [1.807, 2.05) is 32.1 Å². The van der Waals surface area contributed by atoms with Crippen LogP contribution in [0.5, 0.6) is 0 Å². The summed E-state index contributed by atoms with van der Waals surface area (Å²) in [5, 5.41) is 5.76. The first-order chi connectivity index (χ1) is 7.63. The first-order valence-electron chi connectivity index (χ1n) is 5.21. The van der Waals surface area contributed by atoms with E-state index in [0.29, 0.717) is 13.0 Å². The molecule has 88 valence electrons. The molecule has 1 aromatic rings. The number of pyridine rings is 1. The second-order valence-corrected chi connectivity index (χ2v) is 3.70. The van der Waals surface area contributed by atoms with Gasteiger partial charge in [-0.05, 0) is 13.1 Å². The average Bonchev–Trinajstić information content (AvgIpc) is 2.26. The Bertz CT molecular complexity index is 352. The molecule has 0 unspecified atom stereocenters. The number of aromatic nitrogens is 1. The van der Waals surface area contributed by atoms with Crippen LogP contribution in [0.2, 0.25) is 0 Å². The topological polar surface area (TPSA) is 57.3 Å². The van der Waals surface area contributed by atoms with Gasteiger partial charge in [0.15, 0.2) is 0 Å². The Hall–Kier alpha value is -1.62. The van der Waals surface area contributed by atoms with Crippen LogP contribution in [0.1, 0.15) is 6.42 Å². The number of amides is 1. The van der Waals surface area contributed by atoms with Gasteiger partial charge in [-0.25, -0.2) is 4.98 Å². The standard InChI is InChI=1S/C11H18N4O/c1-12-6-5-11(16)14-9-4-7-13-10(8-9)15(2)3/h4,7-8,12H,5-6H2,1-3H3,(H,13,14,16). The lowest BCUT2D eigenvalue weighted by atomic mass is 10.3. The third kappa shape index (κ3) is 3.86. The second kappa shape index (κ2) is 6.07. The minimum absolute atomic E-state index is 0.00487. The lowest BCUT2D eigenvalue weighted by Gasteiger charge is -2.12. The predicted molar refractivity (Wildman–Crippen MR) is 65.7 cm³/mol. The van der Waals surface area contributed by atoms with Crippen molar-refractivity contribution in [2.45, 2.75) is 6.42 Å². The zero-order chi connectivity index (χ0) is 12.0. The lowest BCUT2D eigenvalue weighted by molar-refractivity contribution is -0.116. The maximum atomic E-state index is 11.5. The molecule has 0 bridgehead atoms. The number of carbonyl (C=O) groups excluding carboxylic acids is 1. The van der Waals surface area contributed by atoms with Gasteiger partial charge in [0.1, 0.15) is 5.82 Å². The summed E-state index contributed by atoms with van der Waals surface area (Å²) in [5.41, 5.74) is 0.778. The summed E-state index contributed by atoms with van der Waals surface area (Å²) in [6.07, 6.45) is 2.15. The highest BCUT2D eigenvalue weighted by Crippen LogP contribution is 2.13. The van der Waals surface area contributed by atoms with E-state index in [2.05, 4.69) is 15.6 Å². The molecule has 0 aliphatic heterocycles. The molecule has 1 rings (SSSR count). The third-order valence-corrected chi connectivity index (χ3v) is 2.09. The van der Waals surface area contributed by atoms with Gasteiger partial charge in [0.2, 0.25) is 5.91 Å². The van der Waals surface area contributed by atoms with Crippen molar-refractivity contribution in [1.82, 2.24) is 10.3 Å². The van der Waals surface area contributed by atoms with Crippen molar-refractivity contribution in [1.29, 1.82) is 0 Å². The number of nitrogens with one attached hydrogen (secondary N) is 2. The summed E-state index contributed by atoms with van der Waals surface area (Å²) in [7, 11) is 5.65. The van der Waals surface area contributed by atoms with E-state index in [-0.39, 0.29) is 5.91 Å². The number of carbonyl (C=O) groups is 1. The molecular formula is C11H18N4O. The largest absolute Gasteiger partial charge is 0.363 e. The monoisotopic (exact) mass is 222 g/mol. The molecule has 0 aliphatic rings. The highest BCUT2D eigenvalue weighted by molar-refractivity contribution is 5.91. The minimum atomic E-state index is 0.00487. The summed E-state index contributed by atoms with van der Waals surface area (Å²) in [6, 6.07) is 3.63. The van der Waals surface area contributed by atoms with E-state index in [4.69, 9.17) is 0 Å². The van der Waals surface area contributed by atoms with E-state index in [1.165, 1.54) is 0 Å². The second-order valence-electron chi connectivity index (χ2n) is 3.70. The molecule has 0 radical (unpaired) electrons. The Morgan fingerprint density at radius 1 is 1.50 bits per heavy atom. The first-order valence-corrected chi connectivity index (χ1v) is 5.21. The zero-order valence-electron chi connectivity index (χ0n) is 9.95. The van der Waals surface area contributed by atoms with Gasteiger partial charge in [-0.2, -0.15) is 0 Å². The van der Waals surface area contributed by atoms with Crippen molar-refractivity contribution in [3.63, 3.8) is 0 Å². The van der Waals surface area contributed by atoms with E-state index in [0.717, 1.165) is 11.5 Å². The van der Waals surface area contributed by atoms with E-state index >= 15 is 0 Å². The van der Waals surface area contributed by atoms with Crippen LogP contribution >= 0.6 is 0 Å². The van der Waals surface area contributed by atoms with Gasteiger partial charge >= 0.3 is 0 Å². The first kappa shape index (κ1) is 12.4. The van der Waals surface area contributed by atoms with Crippen molar-refractivity contribution >= 4 is 17.4 Å². The van der Waals surface area contributed by atoms with Crippen LogP contribution in [0.3, 0.4) is 0 Å². The number of anilines is 2. The molecule has 0 spiro atoms. The fourth-order valence-corrected chi connectivity index (χ4v) is 1.20. The molecule has 0 saturated heterocycles. The normalized spacial score (nSPS) is 9.94. The van der Waals surface area contributed by atoms with E-state index in [9.17, 15) is 4.79 Å². The van der Waals surface area contributed by atoms with Gasteiger partial charge in [0, 0.05) is 45.0 Å². The molecule has 0 aromatic carbocycles. The molecular weight excluding hydrogens is 204 g/mol. The molecule has 1 aromatic heterocycles. The molecule has 0 fully saturated rings. The predicted octanol–water partition coefficient (Wildman–Crippen LogP) is 0.696. The van der Waals surface area contributed by atoms with Crippen molar-refractivity contribution in [3.8, 4) is 0 Å². The van der Waals surface area contributed by atoms with Crippen LogP contribution in [-0.4, -0.2) is 38.6 Å². The number of rotatable bonds is 5. The van der Waals surface area contributed by atoms with Gasteiger partial charge in [-0.3, -0.25) is 4.79 Å². The summed E-state index contributed by atoms with van der Waals surface area (Å²) in [6.45, 7) is 0.678. The SMILES string of the molecule is CNCCC(=O)Nc1ccnc(N(C)C)c1. The highest BCUT2D eigenvalue weighted by Gasteiger charge is 2.03. The Morgan fingerprint density at radius 3 is 2.88 bits per heavy atom. The fraction of sp³-hybridized carbons (Fsp3) is 0.455. The smallest absolute Gasteiger partial charge is 0.225 e. The van der Waals surface area contributed by atoms with E-state index in [1.54, 1.807) is 12.3 Å². The molecule has 16 heavy (non-hydrogen) atoms. The minimum Gasteiger partial charge on any atom is -0.363 e. The number of nitrogens with zero attached hydrogens (tertiary/aromatic N) is 2. The molecule has 0 saturated carbocycles. The van der Waals surface area contributed by atoms with Gasteiger partial charge in [0.25, 0.3) is 0 Å². The van der Waals surface area contributed by atoms with Gasteiger partial charge in [0.05, 0.1) is 0 Å². The molecule has 0 atom stereocenters. The van der Waals surface area contributed by atoms with Crippen LogP contribution in [0.15, 0.2) is 18.3 Å². The summed E-state index contributed by atoms with van der Waals surface area (Å²) in [5.74, 6) is 0.830. The van der Waals surface area contributed by atoms with Crippen molar-refractivity contribution in [3.05, 3.63) is 18.3 Å². The number of hydrogen-bond acceptors (Lipinski definition) is 4. The lowest BCUT2D eigenvalue weighted by Crippen LogP contribution is -2.19. The Balaban J connectivity index is 2.59. The molecule has 2 N–H and O–H groups in total. The Labute approximate surface area is 95.9 Å². The van der Waals surface area contributed by atoms with Crippen LogP contribution < -0.4 is 15.5 Å². The van der Waals surface area contributed by atoms with Crippen molar-refractivity contribution in [2.24, 2.45) is 0 Å². The van der Waals surface area contributed by atoms with Crippen molar-refractivity contribution in [2.75, 3.05) is 37.9 Å². The molecule has 1 amide bonds. The number of hydrogen-bond donors (Lipinski definition) is 2. The molecule has 0 aliphatic carbocycles. The van der Waals surface area contributed by atoms with Gasteiger partial charge in [-0.15, -0.1) is 0 Å². The highest BCUT2D eigenvalue weighted by atomic mass is 16.1. The van der Waals surface area contributed by atoms with Gasteiger partial charge < -0.3 is 15.5 Å². The molecule has 5 heteroatoms. The zero-order valence-corrected chi connectivity index (χ0v) is 9.95. The summed E-state index contributed by atoms with van der Waals surface area (Å²) < 4.78 is 0. The maximum Gasteiger partial charge on any atom is 0.225 e. The van der Waals surface area contributed by atoms with Crippen molar-refractivity contribution < 1.29 is 4.79 Å². The Kier molecular flexibility index (Phi) is 4.72. The third-order valence-electron chi connectivity index (χ3n) is 2.09. The van der Waals surface area contributed by atoms with Gasteiger partial charge in [-0.1, -0.05) is 0 Å². The fourth-order valence-electron chi connectivity index (χ4n) is 1.20. The van der Waals surface area contributed by atoms with Crippen LogP contribution in [0, 0.1) is 0 Å². The van der Waals surface area contributed by atoms with Crippen LogP contribution in [0.25, 0.3) is 0 Å². The Morgan fingerprint density at radius 2 is 2.25 bits per heavy atom. The average molecular weight is 222 g/mol. The molecule has 5 nitrogen and oxygen atoms in total. The summed E-state index contributed by atoms with van der Waals surface area (Å²) in [4.78, 5) is 17.5. The quantitative estimate of drug-likeness (QED) is 0.770. The van der Waals surface area contributed by atoms with Crippen LogP contribution in [-0.2, 0) is 4.79 Å².